The molecule has 0 saturated carbocycles. The van der Waals surface area contributed by atoms with Crippen LogP contribution in [-0.4, -0.2) is 85.5 Å². The fourth-order valence-corrected chi connectivity index (χ4v) is 5.48. The van der Waals surface area contributed by atoms with Crippen molar-refractivity contribution in [2.45, 2.75) is 31.4 Å². The zero-order chi connectivity index (χ0) is 20.3. The summed E-state index contributed by atoms with van der Waals surface area (Å²) >= 11 is 0. The summed E-state index contributed by atoms with van der Waals surface area (Å²) in [5.74, 6) is -0.681. The Bertz CT molecular complexity index is 835. The van der Waals surface area contributed by atoms with Crippen molar-refractivity contribution in [1.82, 2.24) is 9.80 Å². The van der Waals surface area contributed by atoms with Crippen molar-refractivity contribution in [2.24, 2.45) is 0 Å². The van der Waals surface area contributed by atoms with E-state index < -0.39 is 27.9 Å². The van der Waals surface area contributed by atoms with Crippen molar-refractivity contribution < 1.29 is 27.9 Å². The van der Waals surface area contributed by atoms with Crippen LogP contribution in [0.4, 0.5) is 0 Å². The average Bonchev–Trinajstić information content (AvgIpc) is 2.98. The Morgan fingerprint density at radius 2 is 1.93 bits per heavy atom. The zero-order valence-corrected chi connectivity index (χ0v) is 16.7. The number of amides is 2. The predicted molar refractivity (Wildman–Crippen MR) is 103 cm³/mol. The van der Waals surface area contributed by atoms with Crippen molar-refractivity contribution in [3.05, 3.63) is 29.8 Å². The van der Waals surface area contributed by atoms with Crippen molar-refractivity contribution in [1.29, 1.82) is 0 Å². The number of rotatable bonds is 5. The molecule has 154 valence electrons. The van der Waals surface area contributed by atoms with Gasteiger partial charge in [0.15, 0.2) is 16.4 Å². The lowest BCUT2D eigenvalue weighted by Gasteiger charge is -2.27. The second kappa shape index (κ2) is 8.48. The van der Waals surface area contributed by atoms with E-state index in [0.29, 0.717) is 11.3 Å². The van der Waals surface area contributed by atoms with Crippen LogP contribution in [0.3, 0.4) is 0 Å². The van der Waals surface area contributed by atoms with Crippen molar-refractivity contribution in [3.8, 4) is 5.75 Å². The molecule has 1 N–H and O–H groups in total. The molecule has 2 atom stereocenters. The molecule has 0 bridgehead atoms. The molecule has 2 amide bonds. The first-order valence-corrected chi connectivity index (χ1v) is 11.3. The Kier molecular flexibility index (Phi) is 6.24. The molecule has 0 unspecified atom stereocenters. The van der Waals surface area contributed by atoms with Crippen LogP contribution in [0.5, 0.6) is 5.75 Å². The number of nitrogens with zero attached hydrogens (tertiary/aromatic N) is 2. The van der Waals surface area contributed by atoms with Gasteiger partial charge < -0.3 is 19.6 Å². The van der Waals surface area contributed by atoms with Gasteiger partial charge in [0.2, 0.25) is 0 Å². The average molecular weight is 410 g/mol. The molecule has 0 aromatic heterocycles. The maximum absolute atomic E-state index is 12.7. The highest BCUT2D eigenvalue weighted by atomic mass is 32.2. The van der Waals surface area contributed by atoms with Gasteiger partial charge in [0.1, 0.15) is 5.75 Å². The van der Waals surface area contributed by atoms with Crippen LogP contribution < -0.4 is 4.74 Å². The summed E-state index contributed by atoms with van der Waals surface area (Å²) in [5.41, 5.74) is 0.307. The van der Waals surface area contributed by atoms with Crippen LogP contribution in [0.1, 0.15) is 29.6 Å². The van der Waals surface area contributed by atoms with Crippen LogP contribution >= 0.6 is 0 Å². The van der Waals surface area contributed by atoms with Gasteiger partial charge in [0.05, 0.1) is 23.7 Å². The molecule has 9 heteroatoms. The number of sulfone groups is 1. The molecule has 0 aliphatic carbocycles. The van der Waals surface area contributed by atoms with E-state index in [1.807, 2.05) is 0 Å². The Morgan fingerprint density at radius 3 is 2.57 bits per heavy atom. The molecule has 2 aliphatic heterocycles. The minimum atomic E-state index is -3.35. The van der Waals surface area contributed by atoms with Crippen LogP contribution in [0.15, 0.2) is 24.3 Å². The van der Waals surface area contributed by atoms with E-state index in [-0.39, 0.29) is 24.0 Å². The predicted octanol–water partition coefficient (Wildman–Crippen LogP) is 0.308. The number of carbonyl (C=O) groups is 2. The quantitative estimate of drug-likeness (QED) is 0.749. The number of hydrogen-bond acceptors (Lipinski definition) is 6. The third-order valence-corrected chi connectivity index (χ3v) is 6.96. The van der Waals surface area contributed by atoms with Gasteiger partial charge in [0.25, 0.3) is 11.8 Å². The maximum atomic E-state index is 12.7. The number of aliphatic hydroxyl groups is 1. The minimum Gasteiger partial charge on any atom is -0.484 e. The summed E-state index contributed by atoms with van der Waals surface area (Å²) in [6, 6.07) is 5.65. The number of aliphatic hydroxyl groups excluding tert-OH is 1. The molecule has 2 fully saturated rings. The van der Waals surface area contributed by atoms with Gasteiger partial charge in [-0.05, 0) is 37.5 Å². The van der Waals surface area contributed by atoms with Crippen molar-refractivity contribution >= 4 is 21.7 Å². The SMILES string of the molecule is CN(C(=O)c1cccc(OCC(=O)N2CCCCC2)c1)[C@@H]1CS(=O)(=O)C[C@H]1O. The third kappa shape index (κ3) is 4.82. The lowest BCUT2D eigenvalue weighted by molar-refractivity contribution is -0.134. The number of piperidine rings is 1. The molecule has 2 saturated heterocycles. The first kappa shape index (κ1) is 20.6. The van der Waals surface area contributed by atoms with Crippen LogP contribution in [0, 0.1) is 0 Å². The first-order valence-electron chi connectivity index (χ1n) is 9.43. The van der Waals surface area contributed by atoms with Crippen LogP contribution in [0.2, 0.25) is 0 Å². The van der Waals surface area contributed by atoms with Gasteiger partial charge in [-0.1, -0.05) is 6.07 Å². The van der Waals surface area contributed by atoms with Gasteiger partial charge >= 0.3 is 0 Å². The highest BCUT2D eigenvalue weighted by molar-refractivity contribution is 7.91. The van der Waals surface area contributed by atoms with Gasteiger partial charge in [-0.15, -0.1) is 0 Å². The second-order valence-corrected chi connectivity index (χ2v) is 9.54. The lowest BCUT2D eigenvalue weighted by Crippen LogP contribution is -2.44. The topological polar surface area (TPSA) is 104 Å². The molecule has 2 aliphatic rings. The van der Waals surface area contributed by atoms with Gasteiger partial charge in [-0.2, -0.15) is 0 Å². The van der Waals surface area contributed by atoms with E-state index in [9.17, 15) is 23.1 Å². The highest BCUT2D eigenvalue weighted by Crippen LogP contribution is 2.21. The second-order valence-electron chi connectivity index (χ2n) is 7.39. The van der Waals surface area contributed by atoms with Crippen LogP contribution in [-0.2, 0) is 14.6 Å². The van der Waals surface area contributed by atoms with E-state index >= 15 is 0 Å². The van der Waals surface area contributed by atoms with Gasteiger partial charge in [-0.3, -0.25) is 9.59 Å². The van der Waals surface area contributed by atoms with Crippen LogP contribution in [0.25, 0.3) is 0 Å². The van der Waals surface area contributed by atoms with Crippen molar-refractivity contribution in [2.75, 3.05) is 38.2 Å². The number of likely N-dealkylation sites (tertiary alicyclic amines) is 1. The summed E-state index contributed by atoms with van der Waals surface area (Å²) in [6.45, 7) is 1.41. The van der Waals surface area contributed by atoms with E-state index in [4.69, 9.17) is 4.74 Å². The van der Waals surface area contributed by atoms with E-state index in [0.717, 1.165) is 32.4 Å². The summed E-state index contributed by atoms with van der Waals surface area (Å²) in [4.78, 5) is 28.0. The summed E-state index contributed by atoms with van der Waals surface area (Å²) in [7, 11) is -1.88. The van der Waals surface area contributed by atoms with Gasteiger partial charge in [0, 0.05) is 25.7 Å². The van der Waals surface area contributed by atoms with Crippen molar-refractivity contribution in [3.63, 3.8) is 0 Å². The zero-order valence-electron chi connectivity index (χ0n) is 15.9. The molecule has 8 nitrogen and oxygen atoms in total. The number of benzene rings is 1. The summed E-state index contributed by atoms with van der Waals surface area (Å²) in [6.07, 6.45) is 2.05. The Labute approximate surface area is 165 Å². The fraction of sp³-hybridized carbons (Fsp3) is 0.579. The first-order chi connectivity index (χ1) is 13.3. The molecule has 2 heterocycles. The fourth-order valence-electron chi connectivity index (χ4n) is 3.63. The smallest absolute Gasteiger partial charge is 0.260 e. The molecule has 1 aromatic carbocycles. The lowest BCUT2D eigenvalue weighted by atomic mass is 10.1. The van der Waals surface area contributed by atoms with Gasteiger partial charge in [-0.25, -0.2) is 8.42 Å². The summed E-state index contributed by atoms with van der Waals surface area (Å²) in [5, 5.41) is 9.97. The molecule has 0 spiro atoms. The molecular weight excluding hydrogens is 384 g/mol. The summed E-state index contributed by atoms with van der Waals surface area (Å²) < 4.78 is 29.0. The van der Waals surface area contributed by atoms with E-state index in [1.54, 1.807) is 23.1 Å². The molecule has 3 rings (SSSR count). The normalized spacial score (nSPS) is 24.0. The van der Waals surface area contributed by atoms with E-state index in [1.165, 1.54) is 18.0 Å². The largest absolute Gasteiger partial charge is 0.484 e. The Morgan fingerprint density at radius 1 is 1.21 bits per heavy atom. The number of ether oxygens (including phenoxy) is 1. The molecule has 0 radical (unpaired) electrons. The molecular formula is C19H26N2O6S. The number of carbonyl (C=O) groups excluding carboxylic acids is 2. The number of hydrogen-bond donors (Lipinski definition) is 1. The monoisotopic (exact) mass is 410 g/mol. The standard InChI is InChI=1S/C19H26N2O6S/c1-20(16-12-28(25,26)13-17(16)22)19(24)14-6-5-7-15(10-14)27-11-18(23)21-8-3-2-4-9-21/h5-7,10,16-17,22H,2-4,8-9,11-13H2,1H3/t16-,17-/m1/s1. The van der Waals surface area contributed by atoms with E-state index in [2.05, 4.69) is 0 Å². The molecule has 1 aromatic rings. The number of likely N-dealkylation sites (N-methyl/N-ethyl adjacent to an activating group) is 1. The highest BCUT2D eigenvalue weighted by Gasteiger charge is 2.40. The maximum Gasteiger partial charge on any atom is 0.260 e. The minimum absolute atomic E-state index is 0.0761. The third-order valence-electron chi connectivity index (χ3n) is 5.26. The molecule has 28 heavy (non-hydrogen) atoms. The Hall–Kier alpha value is -2.13. The Balaban J connectivity index is 1.62.